The van der Waals surface area contributed by atoms with Gasteiger partial charge in [-0.2, -0.15) is 0 Å². The number of halogens is 2. The predicted molar refractivity (Wildman–Crippen MR) is 77.6 cm³/mol. The van der Waals surface area contributed by atoms with E-state index >= 15 is 0 Å². The van der Waals surface area contributed by atoms with Gasteiger partial charge in [0.2, 0.25) is 10.0 Å². The minimum absolute atomic E-state index is 0.332. The first-order valence-electron chi connectivity index (χ1n) is 5.66. The standard InChI is InChI=1S/C11H14BrClN2O2S/c12-10-2-1-8(7-11(10)13)15-18(16,17)9-3-5-14-6-4-9/h1-2,7,9,14-15H,3-6H2. The SMILES string of the molecule is O=S(=O)(Nc1ccc(Br)c(Cl)c1)C1CCNCC1. The van der Waals surface area contributed by atoms with E-state index in [0.29, 0.717) is 23.6 Å². The quantitative estimate of drug-likeness (QED) is 0.878. The molecule has 1 fully saturated rings. The Balaban J connectivity index is 2.13. The lowest BCUT2D eigenvalue weighted by Gasteiger charge is -2.23. The zero-order valence-electron chi connectivity index (χ0n) is 9.62. The molecule has 0 spiro atoms. The van der Waals surface area contributed by atoms with Crippen molar-refractivity contribution in [3.05, 3.63) is 27.7 Å². The van der Waals surface area contributed by atoms with Gasteiger partial charge in [-0.1, -0.05) is 11.6 Å². The molecular formula is C11H14BrClN2O2S. The Morgan fingerprint density at radius 2 is 2.00 bits per heavy atom. The summed E-state index contributed by atoms with van der Waals surface area (Å²) >= 11 is 9.20. The first kappa shape index (κ1) is 14.1. The van der Waals surface area contributed by atoms with Gasteiger partial charge >= 0.3 is 0 Å². The lowest BCUT2D eigenvalue weighted by Crippen LogP contribution is -2.38. The number of rotatable bonds is 3. The second kappa shape index (κ2) is 5.77. The van der Waals surface area contributed by atoms with Crippen LogP contribution in [0.1, 0.15) is 12.8 Å². The van der Waals surface area contributed by atoms with Crippen molar-refractivity contribution in [2.75, 3.05) is 17.8 Å². The average Bonchev–Trinajstić information content (AvgIpc) is 2.35. The van der Waals surface area contributed by atoms with Crippen molar-refractivity contribution in [1.82, 2.24) is 5.32 Å². The molecule has 1 aliphatic rings. The number of piperidine rings is 1. The highest BCUT2D eigenvalue weighted by Gasteiger charge is 2.27. The zero-order valence-corrected chi connectivity index (χ0v) is 12.8. The summed E-state index contributed by atoms with van der Waals surface area (Å²) < 4.78 is 27.7. The third-order valence-electron chi connectivity index (χ3n) is 2.90. The first-order chi connectivity index (χ1) is 8.49. The summed E-state index contributed by atoms with van der Waals surface area (Å²) in [7, 11) is -3.33. The molecule has 1 aromatic carbocycles. The van der Waals surface area contributed by atoms with Crippen LogP contribution in [0.5, 0.6) is 0 Å². The van der Waals surface area contributed by atoms with Gasteiger partial charge in [-0.15, -0.1) is 0 Å². The molecule has 0 amide bonds. The summed E-state index contributed by atoms with van der Waals surface area (Å²) in [6.07, 6.45) is 1.28. The molecular weight excluding hydrogens is 340 g/mol. The molecule has 0 saturated carbocycles. The highest BCUT2D eigenvalue weighted by atomic mass is 79.9. The fourth-order valence-electron chi connectivity index (χ4n) is 1.91. The van der Waals surface area contributed by atoms with Crippen molar-refractivity contribution in [3.63, 3.8) is 0 Å². The highest BCUT2D eigenvalue weighted by molar-refractivity contribution is 9.10. The molecule has 2 rings (SSSR count). The van der Waals surface area contributed by atoms with Crippen LogP contribution in [0.25, 0.3) is 0 Å². The first-order valence-corrected chi connectivity index (χ1v) is 8.38. The van der Waals surface area contributed by atoms with E-state index in [1.54, 1.807) is 18.2 Å². The molecule has 1 heterocycles. The van der Waals surface area contributed by atoms with Crippen molar-refractivity contribution >= 4 is 43.2 Å². The van der Waals surface area contributed by atoms with E-state index in [0.717, 1.165) is 17.6 Å². The Bertz CT molecular complexity index is 530. The maximum absolute atomic E-state index is 12.2. The van der Waals surface area contributed by atoms with E-state index in [1.165, 1.54) is 0 Å². The van der Waals surface area contributed by atoms with Crippen molar-refractivity contribution in [2.45, 2.75) is 18.1 Å². The molecule has 7 heteroatoms. The Hall–Kier alpha value is -0.300. The average molecular weight is 354 g/mol. The lowest BCUT2D eigenvalue weighted by atomic mass is 10.2. The van der Waals surface area contributed by atoms with Gasteiger partial charge in [0, 0.05) is 4.47 Å². The van der Waals surface area contributed by atoms with Crippen molar-refractivity contribution < 1.29 is 8.42 Å². The molecule has 0 unspecified atom stereocenters. The number of hydrogen-bond donors (Lipinski definition) is 2. The monoisotopic (exact) mass is 352 g/mol. The smallest absolute Gasteiger partial charge is 0.235 e. The van der Waals surface area contributed by atoms with Gasteiger partial charge in [0.25, 0.3) is 0 Å². The van der Waals surface area contributed by atoms with Crippen molar-refractivity contribution in [1.29, 1.82) is 0 Å². The molecule has 1 saturated heterocycles. The van der Waals surface area contributed by atoms with E-state index < -0.39 is 10.0 Å². The van der Waals surface area contributed by atoms with E-state index in [2.05, 4.69) is 26.0 Å². The molecule has 0 aliphatic carbocycles. The van der Waals surface area contributed by atoms with Gasteiger partial charge in [0.05, 0.1) is 16.0 Å². The normalized spacial score (nSPS) is 17.7. The maximum atomic E-state index is 12.2. The Morgan fingerprint density at radius 3 is 2.61 bits per heavy atom. The van der Waals surface area contributed by atoms with Gasteiger partial charge in [-0.3, -0.25) is 4.72 Å². The van der Waals surface area contributed by atoms with E-state index in [9.17, 15) is 8.42 Å². The minimum atomic E-state index is -3.33. The third-order valence-corrected chi connectivity index (χ3v) is 6.01. The van der Waals surface area contributed by atoms with Gasteiger partial charge in [-0.25, -0.2) is 8.42 Å². The lowest BCUT2D eigenvalue weighted by molar-refractivity contribution is 0.499. The van der Waals surface area contributed by atoms with Gasteiger partial charge in [-0.05, 0) is 60.1 Å². The molecule has 18 heavy (non-hydrogen) atoms. The largest absolute Gasteiger partial charge is 0.317 e. The zero-order chi connectivity index (χ0) is 13.2. The number of sulfonamides is 1. The fraction of sp³-hybridized carbons (Fsp3) is 0.455. The summed E-state index contributed by atoms with van der Waals surface area (Å²) in [4.78, 5) is 0. The molecule has 100 valence electrons. The number of nitrogens with one attached hydrogen (secondary N) is 2. The number of anilines is 1. The summed E-state index contributed by atoms with van der Waals surface area (Å²) in [5, 5.41) is 3.30. The summed E-state index contributed by atoms with van der Waals surface area (Å²) in [6, 6.07) is 5.02. The fourth-order valence-corrected chi connectivity index (χ4v) is 3.82. The molecule has 0 atom stereocenters. The van der Waals surface area contributed by atoms with Crippen LogP contribution in [0.15, 0.2) is 22.7 Å². The van der Waals surface area contributed by atoms with E-state index in [-0.39, 0.29) is 5.25 Å². The van der Waals surface area contributed by atoms with Crippen LogP contribution in [0.3, 0.4) is 0 Å². The second-order valence-electron chi connectivity index (χ2n) is 4.23. The van der Waals surface area contributed by atoms with Crippen LogP contribution in [-0.4, -0.2) is 26.8 Å². The second-order valence-corrected chi connectivity index (χ2v) is 7.45. The molecule has 4 nitrogen and oxygen atoms in total. The van der Waals surface area contributed by atoms with Crippen LogP contribution < -0.4 is 10.0 Å². The topological polar surface area (TPSA) is 58.2 Å². The van der Waals surface area contributed by atoms with Gasteiger partial charge < -0.3 is 5.32 Å². The highest BCUT2D eigenvalue weighted by Crippen LogP contribution is 2.27. The number of hydrogen-bond acceptors (Lipinski definition) is 3. The summed E-state index contributed by atoms with van der Waals surface area (Å²) in [6.45, 7) is 1.49. The van der Waals surface area contributed by atoms with Crippen molar-refractivity contribution in [3.8, 4) is 0 Å². The molecule has 0 radical (unpaired) electrons. The molecule has 1 aromatic rings. The van der Waals surface area contributed by atoms with E-state index in [4.69, 9.17) is 11.6 Å². The van der Waals surface area contributed by atoms with Crippen LogP contribution in [0.4, 0.5) is 5.69 Å². The molecule has 0 bridgehead atoms. The van der Waals surface area contributed by atoms with E-state index in [1.807, 2.05) is 0 Å². The van der Waals surface area contributed by atoms with Crippen molar-refractivity contribution in [2.24, 2.45) is 0 Å². The third kappa shape index (κ3) is 3.38. The predicted octanol–water partition coefficient (Wildman–Crippen LogP) is 2.60. The molecule has 0 aromatic heterocycles. The van der Waals surface area contributed by atoms with Crippen LogP contribution in [0.2, 0.25) is 5.02 Å². The van der Waals surface area contributed by atoms with Crippen LogP contribution in [0, 0.1) is 0 Å². The van der Waals surface area contributed by atoms with Crippen LogP contribution >= 0.6 is 27.5 Å². The maximum Gasteiger partial charge on any atom is 0.235 e. The summed E-state index contributed by atoms with van der Waals surface area (Å²) in [5.74, 6) is 0. The Labute approximate surface area is 120 Å². The van der Waals surface area contributed by atoms with Gasteiger partial charge in [0.1, 0.15) is 0 Å². The van der Waals surface area contributed by atoms with Gasteiger partial charge in [0.15, 0.2) is 0 Å². The Kier molecular flexibility index (Phi) is 4.53. The minimum Gasteiger partial charge on any atom is -0.317 e. The van der Waals surface area contributed by atoms with Crippen LogP contribution in [-0.2, 0) is 10.0 Å². The summed E-state index contributed by atoms with van der Waals surface area (Å²) in [5.41, 5.74) is 0.502. The molecule has 1 aliphatic heterocycles. The Morgan fingerprint density at radius 1 is 1.33 bits per heavy atom. The number of benzene rings is 1. The molecule has 2 N–H and O–H groups in total.